The third kappa shape index (κ3) is 5.28. The van der Waals surface area contributed by atoms with Crippen molar-refractivity contribution in [2.75, 3.05) is 13.7 Å². The number of methoxy groups -OCH3 is 1. The second-order valence-electron chi connectivity index (χ2n) is 7.54. The van der Waals surface area contributed by atoms with E-state index in [4.69, 9.17) is 35.3 Å². The molecule has 2 heterocycles. The van der Waals surface area contributed by atoms with Gasteiger partial charge in [0.25, 0.3) is 5.79 Å². The summed E-state index contributed by atoms with van der Waals surface area (Å²) in [6, 6.07) is 6.82. The topological polar surface area (TPSA) is 130 Å². The number of benzene rings is 1. The van der Waals surface area contributed by atoms with Crippen LogP contribution in [-0.2, 0) is 43.9 Å². The van der Waals surface area contributed by atoms with Crippen LogP contribution >= 0.6 is 34.2 Å². The lowest BCUT2D eigenvalue weighted by Crippen LogP contribution is -2.67. The van der Waals surface area contributed by atoms with Crippen LogP contribution < -0.4 is 0 Å². The summed E-state index contributed by atoms with van der Waals surface area (Å²) < 4.78 is 28.9. The van der Waals surface area contributed by atoms with Gasteiger partial charge in [0.15, 0.2) is 12.2 Å². The first-order valence-electron chi connectivity index (χ1n) is 10.1. The molecule has 12 heteroatoms. The lowest BCUT2D eigenvalue weighted by Gasteiger charge is -2.49. The molecule has 10 nitrogen and oxygen atoms in total. The second-order valence-corrected chi connectivity index (χ2v) is 9.19. The number of aliphatic hydroxyl groups is 1. The molecule has 1 fully saturated rings. The molecule has 0 bridgehead atoms. The van der Waals surface area contributed by atoms with E-state index in [1.165, 1.54) is 7.11 Å². The second kappa shape index (κ2) is 10.7. The zero-order valence-corrected chi connectivity index (χ0v) is 21.7. The predicted molar refractivity (Wildman–Crippen MR) is 127 cm³/mol. The van der Waals surface area contributed by atoms with Gasteiger partial charge in [0, 0.05) is 36.8 Å². The third-order valence-corrected chi connectivity index (χ3v) is 6.08. The van der Waals surface area contributed by atoms with Crippen molar-refractivity contribution in [2.24, 2.45) is 0 Å². The Bertz CT molecular complexity index is 1110. The average molecular weight is 608 g/mol. The van der Waals surface area contributed by atoms with Gasteiger partial charge in [-0.1, -0.05) is 11.6 Å². The summed E-state index contributed by atoms with van der Waals surface area (Å²) >= 11 is 8.44. The van der Waals surface area contributed by atoms with Crippen molar-refractivity contribution in [2.45, 2.75) is 51.0 Å². The minimum absolute atomic E-state index is 0.156. The molecule has 1 aliphatic rings. The van der Waals surface area contributed by atoms with E-state index in [2.05, 4.69) is 27.6 Å². The van der Waals surface area contributed by atoms with E-state index in [9.17, 15) is 19.5 Å². The number of fused-ring (bicyclic) bond motifs is 1. The molecule has 0 amide bonds. The zero-order valence-electron chi connectivity index (χ0n) is 18.7. The summed E-state index contributed by atoms with van der Waals surface area (Å²) in [5, 5.41) is 11.2. The van der Waals surface area contributed by atoms with Crippen molar-refractivity contribution in [3.8, 4) is 0 Å². The lowest BCUT2D eigenvalue weighted by molar-refractivity contribution is -0.369. The molecule has 3 rings (SSSR count). The van der Waals surface area contributed by atoms with E-state index in [-0.39, 0.29) is 5.69 Å². The van der Waals surface area contributed by atoms with Gasteiger partial charge in [0.1, 0.15) is 11.8 Å². The molecular formula is C22H23ClINO9. The first-order chi connectivity index (χ1) is 16.0. The average Bonchev–Trinajstić information content (AvgIpc) is 2.75. The highest BCUT2D eigenvalue weighted by Gasteiger charge is 2.62. The van der Waals surface area contributed by atoms with Crippen LogP contribution in [0.15, 0.2) is 24.3 Å². The van der Waals surface area contributed by atoms with E-state index >= 15 is 0 Å². The molecule has 1 aliphatic heterocycles. The van der Waals surface area contributed by atoms with Crippen LogP contribution in [0.2, 0.25) is 5.02 Å². The Morgan fingerprint density at radius 2 is 1.71 bits per heavy atom. The van der Waals surface area contributed by atoms with Crippen LogP contribution in [0, 0.1) is 3.57 Å². The molecular weight excluding hydrogens is 585 g/mol. The van der Waals surface area contributed by atoms with Gasteiger partial charge in [-0.25, -0.2) is 4.98 Å². The van der Waals surface area contributed by atoms with Crippen LogP contribution in [0.5, 0.6) is 0 Å². The summed E-state index contributed by atoms with van der Waals surface area (Å²) in [6.45, 7) is 2.81. The zero-order chi connectivity index (χ0) is 25.2. The van der Waals surface area contributed by atoms with Gasteiger partial charge < -0.3 is 28.8 Å². The molecule has 34 heavy (non-hydrogen) atoms. The normalized spacial score (nSPS) is 26.7. The number of nitrogens with zero attached hydrogens (tertiary/aromatic N) is 1. The van der Waals surface area contributed by atoms with Gasteiger partial charge >= 0.3 is 17.9 Å². The number of ether oxygens (including phenoxy) is 5. The molecule has 0 radical (unpaired) electrons. The molecule has 184 valence electrons. The lowest BCUT2D eigenvalue weighted by atomic mass is 9.89. The number of hydrogen-bond donors (Lipinski definition) is 1. The van der Waals surface area contributed by atoms with E-state index in [1.807, 2.05) is 0 Å². The molecule has 0 aliphatic carbocycles. The number of aromatic nitrogens is 1. The summed E-state index contributed by atoms with van der Waals surface area (Å²) in [6.07, 6.45) is -5.34. The quantitative estimate of drug-likeness (QED) is 0.297. The molecule has 0 spiro atoms. The maximum atomic E-state index is 12.1. The van der Waals surface area contributed by atoms with E-state index in [1.54, 1.807) is 24.3 Å². The third-order valence-electron chi connectivity index (χ3n) is 5.15. The number of carbonyl (C=O) groups excluding carboxylic acids is 3. The fourth-order valence-electron chi connectivity index (χ4n) is 3.91. The van der Waals surface area contributed by atoms with Crippen molar-refractivity contribution < 1.29 is 43.2 Å². The van der Waals surface area contributed by atoms with Crippen molar-refractivity contribution in [1.29, 1.82) is 0 Å². The van der Waals surface area contributed by atoms with Crippen molar-refractivity contribution >= 4 is 63.0 Å². The monoisotopic (exact) mass is 607 g/mol. The first kappa shape index (κ1) is 26.5. The minimum atomic E-state index is -1.93. The largest absolute Gasteiger partial charge is 0.456 e. The Morgan fingerprint density at radius 3 is 2.26 bits per heavy atom. The molecule has 0 saturated carbocycles. The van der Waals surface area contributed by atoms with Gasteiger partial charge in [0.2, 0.25) is 6.10 Å². The minimum Gasteiger partial charge on any atom is -0.456 e. The molecule has 1 unspecified atom stereocenters. The molecule has 2 aromatic rings. The maximum Gasteiger partial charge on any atom is 0.303 e. The standard InChI is InChI=1S/C22H23ClINO9/c1-10(27)31-19-17(9-26)34-22(30-4,21(33-12(3)29)20(19)32-11(2)28)18-6-5-14-15(23)7-13(24)8-16(14)25-18/h5-8,17,19-21,26H,9H2,1-4H3/t17-,19-,20+,21-,22?/m1/s1. The fourth-order valence-corrected chi connectivity index (χ4v) is 4.97. The number of pyridine rings is 1. The van der Waals surface area contributed by atoms with Crippen molar-refractivity contribution in [1.82, 2.24) is 4.98 Å². The van der Waals surface area contributed by atoms with Gasteiger partial charge in [-0.3, -0.25) is 14.4 Å². The molecule has 1 aromatic heterocycles. The highest BCUT2D eigenvalue weighted by atomic mass is 127. The molecule has 1 aromatic carbocycles. The van der Waals surface area contributed by atoms with Crippen molar-refractivity contribution in [3.63, 3.8) is 0 Å². The molecule has 1 saturated heterocycles. The van der Waals surface area contributed by atoms with Crippen LogP contribution in [0.1, 0.15) is 26.5 Å². The van der Waals surface area contributed by atoms with Gasteiger partial charge in [-0.2, -0.15) is 0 Å². The van der Waals surface area contributed by atoms with E-state index < -0.39 is 54.7 Å². The number of aliphatic hydroxyl groups excluding tert-OH is 1. The van der Waals surface area contributed by atoms with E-state index in [0.29, 0.717) is 15.9 Å². The first-order valence-corrected chi connectivity index (χ1v) is 11.6. The highest BCUT2D eigenvalue weighted by Crippen LogP contribution is 2.43. The van der Waals surface area contributed by atoms with Gasteiger partial charge in [-0.05, 0) is 46.9 Å². The summed E-state index contributed by atoms with van der Waals surface area (Å²) in [7, 11) is 1.29. The highest BCUT2D eigenvalue weighted by molar-refractivity contribution is 14.1. The van der Waals surface area contributed by atoms with Gasteiger partial charge in [-0.15, -0.1) is 0 Å². The fraction of sp³-hybridized carbons (Fsp3) is 0.455. The Labute approximate surface area is 213 Å². The SMILES string of the molecule is COC1(c2ccc3c(Cl)cc(I)cc3n2)O[C@H](CO)[C@@H](OC(C)=O)[C@H](OC(C)=O)[C@H]1OC(C)=O. The van der Waals surface area contributed by atoms with Gasteiger partial charge in [0.05, 0.1) is 17.1 Å². The number of rotatable bonds is 6. The maximum absolute atomic E-state index is 12.1. The summed E-state index contributed by atoms with van der Waals surface area (Å²) in [5.74, 6) is -4.13. The number of carbonyl (C=O) groups is 3. The number of halogens is 2. The summed E-state index contributed by atoms with van der Waals surface area (Å²) in [5.41, 5.74) is 0.659. The Balaban J connectivity index is 2.25. The summed E-state index contributed by atoms with van der Waals surface area (Å²) in [4.78, 5) is 40.5. The molecule has 1 N–H and O–H groups in total. The Hall–Kier alpha value is -2.06. The van der Waals surface area contributed by atoms with E-state index in [0.717, 1.165) is 24.3 Å². The van der Waals surface area contributed by atoms with Crippen LogP contribution in [0.4, 0.5) is 0 Å². The Morgan fingerprint density at radius 1 is 1.09 bits per heavy atom. The predicted octanol–water partition coefficient (Wildman–Crippen LogP) is 2.48. The Kier molecular flexibility index (Phi) is 8.34. The van der Waals surface area contributed by atoms with Crippen LogP contribution in [-0.4, -0.2) is 66.1 Å². The van der Waals surface area contributed by atoms with Crippen molar-refractivity contribution in [3.05, 3.63) is 38.6 Å². The number of hydrogen-bond acceptors (Lipinski definition) is 10. The van der Waals surface area contributed by atoms with Crippen LogP contribution in [0.25, 0.3) is 10.9 Å². The smallest absolute Gasteiger partial charge is 0.303 e. The molecule has 5 atom stereocenters. The van der Waals surface area contributed by atoms with Crippen LogP contribution in [0.3, 0.4) is 0 Å². The number of esters is 3.